The molecule has 1 heterocycles. The van der Waals surface area contributed by atoms with Crippen LogP contribution in [0, 0.1) is 13.8 Å². The van der Waals surface area contributed by atoms with Gasteiger partial charge in [-0.15, -0.1) is 0 Å². The van der Waals surface area contributed by atoms with Crippen LogP contribution in [-0.4, -0.2) is 29.7 Å². The van der Waals surface area contributed by atoms with Gasteiger partial charge < -0.3 is 4.74 Å². The summed E-state index contributed by atoms with van der Waals surface area (Å²) in [4.78, 5) is 14.5. The minimum atomic E-state index is -0.488. The van der Waals surface area contributed by atoms with E-state index in [1.165, 1.54) is 43.5 Å². The number of benzene rings is 1. The van der Waals surface area contributed by atoms with Gasteiger partial charge in [-0.3, -0.25) is 10.2 Å². The molecule has 1 aliphatic rings. The lowest BCUT2D eigenvalue weighted by molar-refractivity contribution is 0.0636. The maximum atomic E-state index is 12.0. The Kier molecular flexibility index (Phi) is 5.69. The highest BCUT2D eigenvalue weighted by Crippen LogP contribution is 2.24. The summed E-state index contributed by atoms with van der Waals surface area (Å²) in [7, 11) is 0. The van der Waals surface area contributed by atoms with Gasteiger partial charge in [-0.2, -0.15) is 0 Å². The summed E-state index contributed by atoms with van der Waals surface area (Å²) in [6, 6.07) is 4.31. The normalized spacial score (nSPS) is 16.2. The first-order valence-electron chi connectivity index (χ1n) is 8.57. The van der Waals surface area contributed by atoms with Crippen molar-refractivity contribution in [1.82, 2.24) is 4.90 Å². The molecule has 0 aromatic heterocycles. The van der Waals surface area contributed by atoms with E-state index in [9.17, 15) is 4.79 Å². The molecule has 0 unspecified atom stereocenters. The number of nitrogens with zero attached hydrogens (tertiary/aromatic N) is 1. The number of carbonyl (C=O) groups is 1. The van der Waals surface area contributed by atoms with Crippen LogP contribution in [0.2, 0.25) is 0 Å². The molecule has 1 saturated heterocycles. The van der Waals surface area contributed by atoms with Gasteiger partial charge in [0.25, 0.3) is 0 Å². The lowest BCUT2D eigenvalue weighted by Crippen LogP contribution is -2.29. The van der Waals surface area contributed by atoms with Crippen LogP contribution in [0.3, 0.4) is 0 Å². The van der Waals surface area contributed by atoms with Crippen molar-refractivity contribution in [3.8, 4) is 0 Å². The number of hydrogen-bond donors (Lipinski definition) is 1. The monoisotopic (exact) mass is 318 g/mol. The Bertz CT molecular complexity index is 555. The van der Waals surface area contributed by atoms with Gasteiger partial charge in [0.1, 0.15) is 5.60 Å². The number of rotatable bonds is 3. The number of carbonyl (C=O) groups excluding carboxylic acids is 1. The highest BCUT2D eigenvalue weighted by Gasteiger charge is 2.18. The summed E-state index contributed by atoms with van der Waals surface area (Å²) in [6.07, 6.45) is 3.52. The van der Waals surface area contributed by atoms with Crippen molar-refractivity contribution in [3.63, 3.8) is 0 Å². The van der Waals surface area contributed by atoms with Crippen LogP contribution in [0.25, 0.3) is 0 Å². The van der Waals surface area contributed by atoms with E-state index in [1.54, 1.807) is 0 Å². The molecule has 1 amide bonds. The van der Waals surface area contributed by atoms with Gasteiger partial charge in [0, 0.05) is 12.2 Å². The van der Waals surface area contributed by atoms with E-state index in [4.69, 9.17) is 4.74 Å². The first kappa shape index (κ1) is 17.8. The van der Waals surface area contributed by atoms with Crippen LogP contribution in [0.1, 0.15) is 56.7 Å². The van der Waals surface area contributed by atoms with Gasteiger partial charge in [0.15, 0.2) is 0 Å². The Labute approximate surface area is 140 Å². The number of amides is 1. The molecule has 128 valence electrons. The fourth-order valence-corrected chi connectivity index (χ4v) is 2.94. The number of nitrogens with one attached hydrogen (secondary N) is 1. The fraction of sp³-hybridized carbons (Fsp3) is 0.632. The van der Waals surface area contributed by atoms with Gasteiger partial charge in [-0.25, -0.2) is 4.79 Å². The summed E-state index contributed by atoms with van der Waals surface area (Å²) in [6.45, 7) is 13.0. The number of aryl methyl sites for hydroxylation is 1. The molecule has 0 bridgehead atoms. The third-order valence-corrected chi connectivity index (χ3v) is 4.22. The molecule has 1 aromatic carbocycles. The van der Waals surface area contributed by atoms with Crippen LogP contribution in [-0.2, 0) is 11.3 Å². The van der Waals surface area contributed by atoms with Gasteiger partial charge >= 0.3 is 6.09 Å². The quantitative estimate of drug-likeness (QED) is 0.883. The van der Waals surface area contributed by atoms with Crippen LogP contribution in [0.4, 0.5) is 10.5 Å². The van der Waals surface area contributed by atoms with E-state index in [2.05, 4.69) is 29.3 Å². The van der Waals surface area contributed by atoms with Gasteiger partial charge in [0.05, 0.1) is 0 Å². The number of anilines is 1. The minimum absolute atomic E-state index is 0.393. The lowest BCUT2D eigenvalue weighted by Gasteiger charge is -2.27. The second-order valence-corrected chi connectivity index (χ2v) is 7.55. The van der Waals surface area contributed by atoms with Crippen molar-refractivity contribution in [2.45, 2.75) is 66.0 Å². The predicted octanol–water partition coefficient (Wildman–Crippen LogP) is 4.64. The second kappa shape index (κ2) is 7.35. The molecule has 23 heavy (non-hydrogen) atoms. The summed E-state index contributed by atoms with van der Waals surface area (Å²) in [5.74, 6) is 0. The average molecular weight is 318 g/mol. The van der Waals surface area contributed by atoms with Crippen molar-refractivity contribution in [2.24, 2.45) is 0 Å². The smallest absolute Gasteiger partial charge is 0.412 e. The Morgan fingerprint density at radius 2 is 1.83 bits per heavy atom. The van der Waals surface area contributed by atoms with Gasteiger partial charge in [-0.05, 0) is 83.3 Å². The highest BCUT2D eigenvalue weighted by atomic mass is 16.6. The summed E-state index contributed by atoms with van der Waals surface area (Å²) in [5, 5.41) is 2.91. The van der Waals surface area contributed by atoms with E-state index in [0.29, 0.717) is 0 Å². The molecule has 4 heteroatoms. The zero-order valence-electron chi connectivity index (χ0n) is 15.2. The van der Waals surface area contributed by atoms with Crippen LogP contribution >= 0.6 is 0 Å². The molecular weight excluding hydrogens is 288 g/mol. The Morgan fingerprint density at radius 3 is 2.43 bits per heavy atom. The van der Waals surface area contributed by atoms with Crippen molar-refractivity contribution < 1.29 is 9.53 Å². The molecular formula is C19H30N2O2. The van der Waals surface area contributed by atoms with E-state index < -0.39 is 11.7 Å². The molecule has 0 radical (unpaired) electrons. The maximum absolute atomic E-state index is 12.0. The van der Waals surface area contributed by atoms with Gasteiger partial charge in [0.2, 0.25) is 0 Å². The summed E-state index contributed by atoms with van der Waals surface area (Å²) >= 11 is 0. The Balaban J connectivity index is 2.10. The lowest BCUT2D eigenvalue weighted by atomic mass is 10.0. The SMILES string of the molecule is Cc1cc(CN2CCCCC2)cc(NC(=O)OC(C)(C)C)c1C. The third-order valence-electron chi connectivity index (χ3n) is 4.22. The molecule has 0 saturated carbocycles. The Hall–Kier alpha value is -1.55. The van der Waals surface area contributed by atoms with Crippen molar-refractivity contribution in [1.29, 1.82) is 0 Å². The minimum Gasteiger partial charge on any atom is -0.444 e. The maximum Gasteiger partial charge on any atom is 0.412 e. The van der Waals surface area contributed by atoms with E-state index in [1.807, 2.05) is 27.7 Å². The van der Waals surface area contributed by atoms with Crippen LogP contribution < -0.4 is 5.32 Å². The summed E-state index contributed by atoms with van der Waals surface area (Å²) in [5.41, 5.74) is 3.91. The highest BCUT2D eigenvalue weighted by molar-refractivity contribution is 5.86. The largest absolute Gasteiger partial charge is 0.444 e. The molecule has 0 aliphatic carbocycles. The van der Waals surface area contributed by atoms with E-state index in [0.717, 1.165) is 17.8 Å². The number of piperidine rings is 1. The van der Waals surface area contributed by atoms with E-state index >= 15 is 0 Å². The molecule has 1 aliphatic heterocycles. The summed E-state index contributed by atoms with van der Waals surface area (Å²) < 4.78 is 5.37. The van der Waals surface area contributed by atoms with Gasteiger partial charge in [-0.1, -0.05) is 12.5 Å². The second-order valence-electron chi connectivity index (χ2n) is 7.55. The molecule has 1 fully saturated rings. The van der Waals surface area contributed by atoms with Crippen molar-refractivity contribution >= 4 is 11.8 Å². The van der Waals surface area contributed by atoms with E-state index in [-0.39, 0.29) is 0 Å². The average Bonchev–Trinajstić information content (AvgIpc) is 2.43. The third kappa shape index (κ3) is 5.54. The number of hydrogen-bond acceptors (Lipinski definition) is 3. The van der Waals surface area contributed by atoms with Crippen molar-refractivity contribution in [2.75, 3.05) is 18.4 Å². The molecule has 4 nitrogen and oxygen atoms in total. The van der Waals surface area contributed by atoms with Crippen LogP contribution in [0.15, 0.2) is 12.1 Å². The number of likely N-dealkylation sites (tertiary alicyclic amines) is 1. The fourth-order valence-electron chi connectivity index (χ4n) is 2.94. The molecule has 2 rings (SSSR count). The van der Waals surface area contributed by atoms with Crippen molar-refractivity contribution in [3.05, 3.63) is 28.8 Å². The standard InChI is InChI=1S/C19H30N2O2/c1-14-11-16(13-21-9-7-6-8-10-21)12-17(15(14)2)20-18(22)23-19(3,4)5/h11-12H,6-10,13H2,1-5H3,(H,20,22). The Morgan fingerprint density at radius 1 is 1.17 bits per heavy atom. The van der Waals surface area contributed by atoms with Crippen LogP contribution in [0.5, 0.6) is 0 Å². The molecule has 1 aromatic rings. The zero-order chi connectivity index (χ0) is 17.0. The molecule has 0 atom stereocenters. The topological polar surface area (TPSA) is 41.6 Å². The molecule has 0 spiro atoms. The predicted molar refractivity (Wildman–Crippen MR) is 94.9 cm³/mol. The number of ether oxygens (including phenoxy) is 1. The first-order valence-corrected chi connectivity index (χ1v) is 8.57. The zero-order valence-corrected chi connectivity index (χ0v) is 15.2. The first-order chi connectivity index (χ1) is 10.7. The molecule has 1 N–H and O–H groups in total.